The van der Waals surface area contributed by atoms with Gasteiger partial charge in [-0.2, -0.15) is 13.2 Å². The van der Waals surface area contributed by atoms with E-state index in [9.17, 15) is 18.0 Å². The summed E-state index contributed by atoms with van der Waals surface area (Å²) in [4.78, 5) is 11.4. The SMILES string of the molecule is CCCOc1cccc2c([C@H](N3CCC(=O)N3)C(F)(F)F)cccc12. The van der Waals surface area contributed by atoms with Crippen molar-refractivity contribution in [2.24, 2.45) is 0 Å². The number of carbonyl (C=O) groups is 1. The van der Waals surface area contributed by atoms with Crippen LogP contribution in [-0.2, 0) is 4.79 Å². The smallest absolute Gasteiger partial charge is 0.409 e. The van der Waals surface area contributed by atoms with Crippen molar-refractivity contribution >= 4 is 16.7 Å². The molecular weight excluding hydrogens is 333 g/mol. The van der Waals surface area contributed by atoms with E-state index in [-0.39, 0.29) is 18.5 Å². The van der Waals surface area contributed by atoms with Crippen LogP contribution in [0.3, 0.4) is 0 Å². The zero-order valence-electron chi connectivity index (χ0n) is 13.8. The molecule has 3 rings (SSSR count). The number of amides is 1. The maximum absolute atomic E-state index is 13.8. The number of benzene rings is 2. The van der Waals surface area contributed by atoms with Gasteiger partial charge in [-0.15, -0.1) is 0 Å². The van der Waals surface area contributed by atoms with E-state index >= 15 is 0 Å². The summed E-state index contributed by atoms with van der Waals surface area (Å²) < 4.78 is 47.0. The molecule has 0 radical (unpaired) electrons. The Kier molecular flexibility index (Phi) is 4.85. The lowest BCUT2D eigenvalue weighted by molar-refractivity contribution is -0.190. The Morgan fingerprint density at radius 3 is 2.56 bits per heavy atom. The standard InChI is InChI=1S/C18H19F3N2O2/c1-2-11-25-15-8-4-5-12-13(15)6-3-7-14(12)17(18(19,20)21)23-10-9-16(24)22-23/h3-8,17H,2,9-11H2,1H3,(H,22,24)/t17-/m0/s1. The topological polar surface area (TPSA) is 41.6 Å². The first kappa shape index (κ1) is 17.5. The van der Waals surface area contributed by atoms with Crippen molar-refractivity contribution in [3.8, 4) is 5.75 Å². The Morgan fingerprint density at radius 1 is 1.20 bits per heavy atom. The quantitative estimate of drug-likeness (QED) is 0.885. The van der Waals surface area contributed by atoms with Crippen molar-refractivity contribution in [3.63, 3.8) is 0 Å². The molecule has 1 atom stereocenters. The maximum Gasteiger partial charge on any atom is 0.409 e. The van der Waals surface area contributed by atoms with Crippen LogP contribution in [0.2, 0.25) is 0 Å². The van der Waals surface area contributed by atoms with E-state index in [0.29, 0.717) is 23.1 Å². The minimum Gasteiger partial charge on any atom is -0.493 e. The van der Waals surface area contributed by atoms with Gasteiger partial charge in [-0.1, -0.05) is 37.3 Å². The van der Waals surface area contributed by atoms with Crippen LogP contribution < -0.4 is 10.2 Å². The molecule has 4 nitrogen and oxygen atoms in total. The molecule has 2 aromatic rings. The molecule has 0 spiro atoms. The van der Waals surface area contributed by atoms with Crippen LogP contribution in [0.25, 0.3) is 10.8 Å². The third-order valence-electron chi connectivity index (χ3n) is 4.14. The summed E-state index contributed by atoms with van der Waals surface area (Å²) in [6.07, 6.45) is -3.66. The van der Waals surface area contributed by atoms with Gasteiger partial charge in [0.25, 0.3) is 0 Å². The van der Waals surface area contributed by atoms with Gasteiger partial charge in [-0.3, -0.25) is 10.2 Å². The molecule has 0 bridgehead atoms. The number of nitrogens with one attached hydrogen (secondary N) is 1. The average molecular weight is 352 g/mol. The molecule has 1 amide bonds. The fraction of sp³-hybridized carbons (Fsp3) is 0.389. The minimum atomic E-state index is -4.52. The summed E-state index contributed by atoms with van der Waals surface area (Å²) in [7, 11) is 0. The lowest BCUT2D eigenvalue weighted by Gasteiger charge is -2.30. The molecule has 2 aromatic carbocycles. The average Bonchev–Trinajstić information content (AvgIpc) is 2.98. The summed E-state index contributed by atoms with van der Waals surface area (Å²) in [6.45, 7) is 2.48. The number of alkyl halides is 3. The van der Waals surface area contributed by atoms with E-state index in [0.717, 1.165) is 11.4 Å². The number of halogens is 3. The molecule has 7 heteroatoms. The second-order valence-corrected chi connectivity index (χ2v) is 5.97. The number of fused-ring (bicyclic) bond motifs is 1. The van der Waals surface area contributed by atoms with Crippen molar-refractivity contribution in [3.05, 3.63) is 42.0 Å². The van der Waals surface area contributed by atoms with Crippen molar-refractivity contribution in [2.45, 2.75) is 32.0 Å². The van der Waals surface area contributed by atoms with E-state index in [2.05, 4.69) is 5.43 Å². The largest absolute Gasteiger partial charge is 0.493 e. The van der Waals surface area contributed by atoms with Crippen LogP contribution in [0.15, 0.2) is 36.4 Å². The van der Waals surface area contributed by atoms with Gasteiger partial charge in [0.15, 0.2) is 6.04 Å². The van der Waals surface area contributed by atoms with Gasteiger partial charge in [0.2, 0.25) is 5.91 Å². The molecule has 0 aromatic heterocycles. The second kappa shape index (κ2) is 6.92. The number of hydrazine groups is 1. The van der Waals surface area contributed by atoms with Crippen molar-refractivity contribution in [1.29, 1.82) is 0 Å². The molecule has 1 saturated heterocycles. The van der Waals surface area contributed by atoms with Crippen LogP contribution in [0.4, 0.5) is 13.2 Å². The molecule has 1 fully saturated rings. The van der Waals surface area contributed by atoms with Gasteiger partial charge in [0.1, 0.15) is 5.75 Å². The van der Waals surface area contributed by atoms with Gasteiger partial charge in [0, 0.05) is 18.4 Å². The van der Waals surface area contributed by atoms with Crippen LogP contribution in [0.5, 0.6) is 5.75 Å². The third kappa shape index (κ3) is 3.56. The molecule has 0 aliphatic carbocycles. The molecule has 1 aliphatic rings. The molecule has 25 heavy (non-hydrogen) atoms. The Hall–Kier alpha value is -2.28. The molecule has 1 N–H and O–H groups in total. The first-order chi connectivity index (χ1) is 11.9. The van der Waals surface area contributed by atoms with E-state index < -0.39 is 18.1 Å². The Morgan fingerprint density at radius 2 is 1.92 bits per heavy atom. The Balaban J connectivity index is 2.10. The second-order valence-electron chi connectivity index (χ2n) is 5.97. The van der Waals surface area contributed by atoms with Gasteiger partial charge < -0.3 is 4.74 Å². The number of carbonyl (C=O) groups excluding carboxylic acids is 1. The maximum atomic E-state index is 13.8. The number of hydrogen-bond donors (Lipinski definition) is 1. The van der Waals surface area contributed by atoms with Crippen LogP contribution >= 0.6 is 0 Å². The highest BCUT2D eigenvalue weighted by Crippen LogP contribution is 2.41. The van der Waals surface area contributed by atoms with E-state index in [1.165, 1.54) is 6.07 Å². The minimum absolute atomic E-state index is 0.0193. The van der Waals surface area contributed by atoms with Crippen LogP contribution in [0, 0.1) is 0 Å². The van der Waals surface area contributed by atoms with E-state index in [1.54, 1.807) is 30.3 Å². The molecule has 0 saturated carbocycles. The first-order valence-electron chi connectivity index (χ1n) is 8.19. The van der Waals surface area contributed by atoms with Gasteiger partial charge in [-0.25, -0.2) is 5.01 Å². The number of nitrogens with zero attached hydrogens (tertiary/aromatic N) is 1. The zero-order valence-corrected chi connectivity index (χ0v) is 13.8. The summed E-state index contributed by atoms with van der Waals surface area (Å²) >= 11 is 0. The fourth-order valence-corrected chi connectivity index (χ4v) is 3.09. The highest BCUT2D eigenvalue weighted by atomic mass is 19.4. The zero-order chi connectivity index (χ0) is 18.0. The number of ether oxygens (including phenoxy) is 1. The molecule has 134 valence electrons. The lowest BCUT2D eigenvalue weighted by Crippen LogP contribution is -2.43. The summed E-state index contributed by atoms with van der Waals surface area (Å²) in [6, 6.07) is 7.99. The van der Waals surface area contributed by atoms with Crippen molar-refractivity contribution in [2.75, 3.05) is 13.2 Å². The predicted molar refractivity (Wildman–Crippen MR) is 88.0 cm³/mol. The number of hydrogen-bond acceptors (Lipinski definition) is 3. The molecule has 0 unspecified atom stereocenters. The Labute approximate surface area is 143 Å². The first-order valence-corrected chi connectivity index (χ1v) is 8.19. The molecule has 1 aliphatic heterocycles. The Bertz CT molecular complexity index is 776. The summed E-state index contributed by atoms with van der Waals surface area (Å²) in [5, 5.41) is 2.07. The highest BCUT2D eigenvalue weighted by molar-refractivity contribution is 5.91. The highest BCUT2D eigenvalue weighted by Gasteiger charge is 2.47. The van der Waals surface area contributed by atoms with Crippen LogP contribution in [-0.4, -0.2) is 30.2 Å². The van der Waals surface area contributed by atoms with E-state index in [4.69, 9.17) is 4.74 Å². The van der Waals surface area contributed by atoms with Crippen LogP contribution in [0.1, 0.15) is 31.4 Å². The summed E-state index contributed by atoms with van der Waals surface area (Å²) in [5.41, 5.74) is 2.42. The monoisotopic (exact) mass is 352 g/mol. The predicted octanol–water partition coefficient (Wildman–Crippen LogP) is 3.97. The number of rotatable bonds is 5. The fourth-order valence-electron chi connectivity index (χ4n) is 3.09. The molecule has 1 heterocycles. The van der Waals surface area contributed by atoms with Gasteiger partial charge in [-0.05, 0) is 23.4 Å². The third-order valence-corrected chi connectivity index (χ3v) is 4.14. The van der Waals surface area contributed by atoms with Gasteiger partial charge >= 0.3 is 6.18 Å². The van der Waals surface area contributed by atoms with Crippen molar-refractivity contribution < 1.29 is 22.7 Å². The normalized spacial score (nSPS) is 16.9. The van der Waals surface area contributed by atoms with Crippen molar-refractivity contribution in [1.82, 2.24) is 10.4 Å². The summed E-state index contributed by atoms with van der Waals surface area (Å²) in [5.74, 6) is 0.161. The van der Waals surface area contributed by atoms with E-state index in [1.807, 2.05) is 6.92 Å². The van der Waals surface area contributed by atoms with Gasteiger partial charge in [0.05, 0.1) is 6.61 Å². The lowest BCUT2D eigenvalue weighted by atomic mass is 9.97. The molecular formula is C18H19F3N2O2.